The van der Waals surface area contributed by atoms with Gasteiger partial charge in [0.15, 0.2) is 5.82 Å². The fraction of sp³-hybridized carbons (Fsp3) is 0.350. The lowest BCUT2D eigenvalue weighted by molar-refractivity contribution is 0.146. The molecule has 0 saturated carbocycles. The maximum atomic E-state index is 14.5. The van der Waals surface area contributed by atoms with E-state index in [1.54, 1.807) is 6.92 Å². The van der Waals surface area contributed by atoms with Gasteiger partial charge in [-0.3, -0.25) is 0 Å². The number of nitrogens with one attached hydrogen (secondary N) is 2. The van der Waals surface area contributed by atoms with Crippen LogP contribution in [0.5, 0.6) is 0 Å². The third kappa shape index (κ3) is 3.95. The van der Waals surface area contributed by atoms with E-state index in [2.05, 4.69) is 30.9 Å². The number of rotatable bonds is 5. The molecule has 1 saturated heterocycles. The van der Waals surface area contributed by atoms with E-state index in [-0.39, 0.29) is 5.56 Å². The first kappa shape index (κ1) is 19.4. The van der Waals surface area contributed by atoms with Crippen molar-refractivity contribution in [3.05, 3.63) is 53.3 Å². The molecule has 9 heteroatoms. The highest BCUT2D eigenvalue weighted by Gasteiger charge is 2.20. The molecule has 2 N–H and O–H groups in total. The van der Waals surface area contributed by atoms with Gasteiger partial charge >= 0.3 is 0 Å². The van der Waals surface area contributed by atoms with E-state index in [0.717, 1.165) is 43.3 Å². The lowest BCUT2D eigenvalue weighted by atomic mass is 10.0. The molecule has 1 aliphatic rings. The van der Waals surface area contributed by atoms with Crippen LogP contribution in [-0.4, -0.2) is 41.6 Å². The summed E-state index contributed by atoms with van der Waals surface area (Å²) in [7, 11) is 0. The molecule has 2 heterocycles. The Hall–Kier alpha value is -2.94. The number of piperazine rings is 1. The van der Waals surface area contributed by atoms with Gasteiger partial charge in [0.05, 0.1) is 17.1 Å². The molecule has 1 aliphatic heterocycles. The van der Waals surface area contributed by atoms with Crippen molar-refractivity contribution in [2.45, 2.75) is 19.4 Å². The second-order valence-corrected chi connectivity index (χ2v) is 6.99. The number of benzene rings is 2. The maximum Gasteiger partial charge on any atom is 0.266 e. The van der Waals surface area contributed by atoms with Crippen molar-refractivity contribution in [3.8, 4) is 0 Å². The average Bonchev–Trinajstić information content (AvgIpc) is 2.74. The first-order valence-corrected chi connectivity index (χ1v) is 9.46. The average molecular weight is 402 g/mol. The molecule has 152 valence electrons. The van der Waals surface area contributed by atoms with Crippen LogP contribution in [0.15, 0.2) is 36.4 Å². The molecular weight excluding hydrogens is 381 g/mol. The van der Waals surface area contributed by atoms with Gasteiger partial charge in [-0.05, 0) is 30.3 Å². The Morgan fingerprint density at radius 2 is 1.83 bits per heavy atom. The molecule has 0 amide bonds. The van der Waals surface area contributed by atoms with E-state index in [0.29, 0.717) is 11.3 Å². The van der Waals surface area contributed by atoms with Crippen molar-refractivity contribution < 1.29 is 13.2 Å². The molecule has 6 nitrogen and oxygen atoms in total. The maximum absolute atomic E-state index is 14.5. The standard InChI is InChI=1S/C20H21F3N6/c1-12(14-3-2-4-15(18(14)21)19(22)23)25-20-16-11-13(29-9-7-24-8-10-29)5-6-17(16)26-28-27-20/h2-6,11-12,19,24H,7-10H2,1H3,(H,25,26,27)/t12-/m1/s1. The predicted molar refractivity (Wildman–Crippen MR) is 106 cm³/mol. The molecule has 1 fully saturated rings. The van der Waals surface area contributed by atoms with Crippen molar-refractivity contribution in [2.24, 2.45) is 0 Å². The highest BCUT2D eigenvalue weighted by molar-refractivity contribution is 5.91. The van der Waals surface area contributed by atoms with Gasteiger partial charge in [0.2, 0.25) is 0 Å². The van der Waals surface area contributed by atoms with E-state index < -0.39 is 23.8 Å². The van der Waals surface area contributed by atoms with Crippen LogP contribution in [0.4, 0.5) is 24.7 Å². The van der Waals surface area contributed by atoms with Crippen molar-refractivity contribution in [1.29, 1.82) is 0 Å². The normalized spacial score (nSPS) is 15.7. The summed E-state index contributed by atoms with van der Waals surface area (Å²) < 4.78 is 40.6. The second kappa shape index (κ2) is 8.20. The van der Waals surface area contributed by atoms with E-state index >= 15 is 0 Å². The summed E-state index contributed by atoms with van der Waals surface area (Å²) in [5.74, 6) is -0.475. The molecule has 0 bridgehead atoms. The fourth-order valence-corrected chi connectivity index (χ4v) is 3.55. The summed E-state index contributed by atoms with van der Waals surface area (Å²) in [5.41, 5.74) is 1.22. The van der Waals surface area contributed by atoms with Crippen molar-refractivity contribution >= 4 is 22.4 Å². The molecule has 0 spiro atoms. The fourth-order valence-electron chi connectivity index (χ4n) is 3.55. The second-order valence-electron chi connectivity index (χ2n) is 6.99. The molecule has 1 atom stereocenters. The van der Waals surface area contributed by atoms with Gasteiger partial charge in [-0.25, -0.2) is 13.2 Å². The third-order valence-corrected chi connectivity index (χ3v) is 5.13. The lowest BCUT2D eigenvalue weighted by Gasteiger charge is -2.29. The molecule has 0 unspecified atom stereocenters. The Balaban J connectivity index is 1.66. The number of anilines is 2. The van der Waals surface area contributed by atoms with E-state index in [4.69, 9.17) is 0 Å². The molecule has 1 aromatic heterocycles. The molecule has 3 aromatic rings. The van der Waals surface area contributed by atoms with Gasteiger partial charge in [-0.2, -0.15) is 0 Å². The summed E-state index contributed by atoms with van der Waals surface area (Å²) in [4.78, 5) is 2.26. The minimum absolute atomic E-state index is 0.146. The van der Waals surface area contributed by atoms with Crippen LogP contribution < -0.4 is 15.5 Å². The summed E-state index contributed by atoms with van der Waals surface area (Å²) >= 11 is 0. The Morgan fingerprint density at radius 1 is 1.07 bits per heavy atom. The van der Waals surface area contributed by atoms with Gasteiger partial charge in [-0.1, -0.05) is 18.2 Å². The summed E-state index contributed by atoms with van der Waals surface area (Å²) in [6.07, 6.45) is -2.87. The molecule has 0 radical (unpaired) electrons. The number of alkyl halides is 2. The van der Waals surface area contributed by atoms with Crippen molar-refractivity contribution in [2.75, 3.05) is 36.4 Å². The molecule has 4 rings (SSSR count). The van der Waals surface area contributed by atoms with Crippen molar-refractivity contribution in [3.63, 3.8) is 0 Å². The zero-order valence-electron chi connectivity index (χ0n) is 15.9. The number of hydrogen-bond acceptors (Lipinski definition) is 6. The Bertz CT molecular complexity index is 1010. The summed E-state index contributed by atoms with van der Waals surface area (Å²) in [5, 5.41) is 19.1. The first-order chi connectivity index (χ1) is 14.0. The predicted octanol–water partition coefficient (Wildman–Crippen LogP) is 3.68. The summed E-state index contributed by atoms with van der Waals surface area (Å²) in [6, 6.07) is 9.26. The number of fused-ring (bicyclic) bond motifs is 1. The Morgan fingerprint density at radius 3 is 2.59 bits per heavy atom. The lowest BCUT2D eigenvalue weighted by Crippen LogP contribution is -2.43. The minimum Gasteiger partial charge on any atom is -0.369 e. The molecule has 2 aromatic carbocycles. The van der Waals surface area contributed by atoms with Crippen LogP contribution >= 0.6 is 0 Å². The molecule has 0 aliphatic carbocycles. The zero-order valence-corrected chi connectivity index (χ0v) is 15.9. The SMILES string of the molecule is C[C@@H](Nc1nnnc2ccc(N3CCNCC3)cc12)c1cccc(C(F)F)c1F. The van der Waals surface area contributed by atoms with Gasteiger partial charge in [0, 0.05) is 42.8 Å². The highest BCUT2D eigenvalue weighted by Crippen LogP contribution is 2.31. The van der Waals surface area contributed by atoms with Gasteiger partial charge < -0.3 is 15.5 Å². The van der Waals surface area contributed by atoms with Gasteiger partial charge in [0.25, 0.3) is 6.43 Å². The quantitative estimate of drug-likeness (QED) is 0.679. The first-order valence-electron chi connectivity index (χ1n) is 9.46. The van der Waals surface area contributed by atoms with E-state index in [1.807, 2.05) is 18.2 Å². The van der Waals surface area contributed by atoms with Gasteiger partial charge in [0.1, 0.15) is 5.82 Å². The topological polar surface area (TPSA) is 66.0 Å². The third-order valence-electron chi connectivity index (χ3n) is 5.13. The number of hydrogen-bond donors (Lipinski definition) is 2. The highest BCUT2D eigenvalue weighted by atomic mass is 19.3. The monoisotopic (exact) mass is 402 g/mol. The number of nitrogens with zero attached hydrogens (tertiary/aromatic N) is 4. The minimum atomic E-state index is -2.87. The van der Waals surface area contributed by atoms with Gasteiger partial charge in [-0.15, -0.1) is 10.2 Å². The van der Waals surface area contributed by atoms with Crippen LogP contribution in [-0.2, 0) is 0 Å². The Labute approximate surface area is 166 Å². The van der Waals surface area contributed by atoms with Crippen LogP contribution in [0.2, 0.25) is 0 Å². The molecule has 29 heavy (non-hydrogen) atoms. The van der Waals surface area contributed by atoms with Crippen LogP contribution in [0, 0.1) is 5.82 Å². The Kier molecular flexibility index (Phi) is 5.48. The zero-order chi connectivity index (χ0) is 20.4. The van der Waals surface area contributed by atoms with Crippen LogP contribution in [0.1, 0.15) is 30.5 Å². The summed E-state index contributed by atoms with van der Waals surface area (Å²) in [6.45, 7) is 5.30. The largest absolute Gasteiger partial charge is 0.369 e. The number of aromatic nitrogens is 3. The van der Waals surface area contributed by atoms with Crippen LogP contribution in [0.25, 0.3) is 10.9 Å². The van der Waals surface area contributed by atoms with Crippen LogP contribution in [0.3, 0.4) is 0 Å². The van der Waals surface area contributed by atoms with Crippen molar-refractivity contribution in [1.82, 2.24) is 20.7 Å². The van der Waals surface area contributed by atoms with E-state index in [9.17, 15) is 13.2 Å². The smallest absolute Gasteiger partial charge is 0.266 e. The van der Waals surface area contributed by atoms with E-state index in [1.165, 1.54) is 12.1 Å². The molecular formula is C20H21F3N6. The number of halogens is 3.